The minimum atomic E-state index is -0.834. The van der Waals surface area contributed by atoms with Crippen LogP contribution in [0.1, 0.15) is 32.6 Å². The maximum Gasteiger partial charge on any atom is 0.332 e. The van der Waals surface area contributed by atoms with Crippen LogP contribution < -0.4 is 0 Å². The molecule has 1 N–H and O–H groups in total. The number of fused-ring (bicyclic) bond motifs is 1. The summed E-state index contributed by atoms with van der Waals surface area (Å²) < 4.78 is 5.28. The maximum atomic E-state index is 11.1. The Kier molecular flexibility index (Phi) is 5.81. The predicted octanol–water partition coefficient (Wildman–Crippen LogP) is 1.28. The molecule has 0 spiro atoms. The second-order valence-corrected chi connectivity index (χ2v) is 6.11. The normalized spacial score (nSPS) is 29.9. The van der Waals surface area contributed by atoms with Gasteiger partial charge in [-0.25, -0.2) is 4.79 Å². The molecule has 2 heterocycles. The van der Waals surface area contributed by atoms with E-state index in [-0.39, 0.29) is 0 Å². The van der Waals surface area contributed by atoms with Crippen molar-refractivity contribution >= 4 is 5.97 Å². The van der Waals surface area contributed by atoms with E-state index in [4.69, 9.17) is 9.84 Å². The third-order valence-corrected chi connectivity index (χ3v) is 4.78. The van der Waals surface area contributed by atoms with Gasteiger partial charge in [-0.1, -0.05) is 0 Å². The molecule has 0 aromatic rings. The summed E-state index contributed by atoms with van der Waals surface area (Å²) in [6, 6.07) is 0.738. The molecule has 0 saturated carbocycles. The Morgan fingerprint density at radius 2 is 2.20 bits per heavy atom. The Labute approximate surface area is 121 Å². The monoisotopic (exact) mass is 284 g/mol. The van der Waals surface area contributed by atoms with Crippen LogP contribution in [-0.4, -0.2) is 72.9 Å². The summed E-state index contributed by atoms with van der Waals surface area (Å²) in [5, 5.41) is 9.11. The van der Waals surface area contributed by atoms with Crippen LogP contribution in [0.3, 0.4) is 0 Å². The van der Waals surface area contributed by atoms with Crippen molar-refractivity contribution in [1.82, 2.24) is 9.80 Å². The van der Waals surface area contributed by atoms with Crippen LogP contribution in [0.25, 0.3) is 0 Å². The van der Waals surface area contributed by atoms with E-state index in [0.29, 0.717) is 13.0 Å². The fourth-order valence-corrected chi connectivity index (χ4v) is 3.71. The van der Waals surface area contributed by atoms with Gasteiger partial charge in [0.2, 0.25) is 0 Å². The van der Waals surface area contributed by atoms with Gasteiger partial charge in [0.05, 0.1) is 0 Å². The summed E-state index contributed by atoms with van der Waals surface area (Å²) in [7, 11) is 2.24. The van der Waals surface area contributed by atoms with Crippen LogP contribution >= 0.6 is 0 Å². The quantitative estimate of drug-likeness (QED) is 0.796. The zero-order valence-corrected chi connectivity index (χ0v) is 12.8. The van der Waals surface area contributed by atoms with E-state index >= 15 is 0 Å². The predicted molar refractivity (Wildman–Crippen MR) is 77.9 cm³/mol. The molecule has 0 aromatic carbocycles. The second kappa shape index (κ2) is 7.38. The number of carbonyl (C=O) groups is 1. The molecule has 5 nitrogen and oxygen atoms in total. The highest BCUT2D eigenvalue weighted by atomic mass is 16.5. The lowest BCUT2D eigenvalue weighted by atomic mass is 9.84. The molecule has 116 valence electrons. The second-order valence-electron chi connectivity index (χ2n) is 6.11. The summed E-state index contributed by atoms with van der Waals surface area (Å²) in [6.45, 7) is 6.58. The molecule has 0 amide bonds. The molecular weight excluding hydrogens is 256 g/mol. The SMILES string of the molecule is CCOC(CCN1CCC2C(CCCN2C)C1)C(=O)O. The number of hydrogen-bond donors (Lipinski definition) is 1. The largest absolute Gasteiger partial charge is 0.479 e. The van der Waals surface area contributed by atoms with Crippen molar-refractivity contribution in [3.05, 3.63) is 0 Å². The van der Waals surface area contributed by atoms with Crippen molar-refractivity contribution in [2.75, 3.05) is 39.8 Å². The van der Waals surface area contributed by atoms with Crippen molar-refractivity contribution in [3.63, 3.8) is 0 Å². The topological polar surface area (TPSA) is 53.0 Å². The zero-order valence-electron chi connectivity index (χ0n) is 12.8. The average Bonchev–Trinajstić information content (AvgIpc) is 2.43. The van der Waals surface area contributed by atoms with Gasteiger partial charge in [-0.15, -0.1) is 0 Å². The first-order chi connectivity index (χ1) is 9.61. The van der Waals surface area contributed by atoms with E-state index in [9.17, 15) is 4.79 Å². The van der Waals surface area contributed by atoms with Crippen LogP contribution in [-0.2, 0) is 9.53 Å². The van der Waals surface area contributed by atoms with Crippen molar-refractivity contribution < 1.29 is 14.6 Å². The summed E-state index contributed by atoms with van der Waals surface area (Å²) in [4.78, 5) is 16.0. The number of likely N-dealkylation sites (tertiary alicyclic amines) is 2. The first-order valence-electron chi connectivity index (χ1n) is 7.88. The average molecular weight is 284 g/mol. The molecule has 0 bridgehead atoms. The molecule has 20 heavy (non-hydrogen) atoms. The molecule has 0 aromatic heterocycles. The number of carboxylic acids is 1. The van der Waals surface area contributed by atoms with Crippen molar-refractivity contribution in [1.29, 1.82) is 0 Å². The van der Waals surface area contributed by atoms with Gasteiger partial charge >= 0.3 is 5.97 Å². The zero-order chi connectivity index (χ0) is 14.5. The maximum absolute atomic E-state index is 11.1. The van der Waals surface area contributed by atoms with Crippen LogP contribution in [0.5, 0.6) is 0 Å². The molecule has 3 atom stereocenters. The first kappa shape index (κ1) is 15.7. The fourth-order valence-electron chi connectivity index (χ4n) is 3.71. The Balaban J connectivity index is 1.78. The highest BCUT2D eigenvalue weighted by molar-refractivity contribution is 5.72. The van der Waals surface area contributed by atoms with Crippen molar-refractivity contribution in [2.24, 2.45) is 5.92 Å². The molecule has 2 fully saturated rings. The van der Waals surface area contributed by atoms with Crippen LogP contribution in [0.2, 0.25) is 0 Å². The molecule has 2 aliphatic rings. The number of aliphatic carboxylic acids is 1. The highest BCUT2D eigenvalue weighted by Crippen LogP contribution is 2.29. The summed E-state index contributed by atoms with van der Waals surface area (Å²) in [5.41, 5.74) is 0. The molecule has 2 aliphatic heterocycles. The number of hydrogen-bond acceptors (Lipinski definition) is 4. The third-order valence-electron chi connectivity index (χ3n) is 4.78. The van der Waals surface area contributed by atoms with Gasteiger partial charge in [0.1, 0.15) is 0 Å². The van der Waals surface area contributed by atoms with E-state index < -0.39 is 12.1 Å². The number of nitrogens with zero attached hydrogens (tertiary/aromatic N) is 2. The lowest BCUT2D eigenvalue weighted by Gasteiger charge is -2.46. The lowest BCUT2D eigenvalue weighted by molar-refractivity contribution is -0.150. The Hall–Kier alpha value is -0.650. The van der Waals surface area contributed by atoms with Gasteiger partial charge in [-0.3, -0.25) is 0 Å². The van der Waals surface area contributed by atoms with Gasteiger partial charge in [0.25, 0.3) is 0 Å². The van der Waals surface area contributed by atoms with Gasteiger partial charge in [0, 0.05) is 25.7 Å². The third kappa shape index (κ3) is 3.93. The van der Waals surface area contributed by atoms with Gasteiger partial charge < -0.3 is 19.6 Å². The number of rotatable bonds is 6. The molecule has 2 rings (SSSR count). The molecule has 0 radical (unpaired) electrons. The summed E-state index contributed by atoms with van der Waals surface area (Å²) >= 11 is 0. The minimum Gasteiger partial charge on any atom is -0.479 e. The fraction of sp³-hybridized carbons (Fsp3) is 0.933. The highest BCUT2D eigenvalue weighted by Gasteiger charge is 2.34. The lowest BCUT2D eigenvalue weighted by Crippen LogP contribution is -2.53. The molecular formula is C15H28N2O3. The standard InChI is InChI=1S/C15H28N2O3/c1-3-20-14(15(18)19)7-10-17-9-6-13-12(11-17)5-4-8-16(13)2/h12-14H,3-11H2,1-2H3,(H,18,19). The first-order valence-corrected chi connectivity index (χ1v) is 7.88. The van der Waals surface area contributed by atoms with E-state index in [1.807, 2.05) is 6.92 Å². The number of piperidine rings is 2. The number of ether oxygens (including phenoxy) is 1. The van der Waals surface area contributed by atoms with Gasteiger partial charge in [0.15, 0.2) is 6.10 Å². The van der Waals surface area contributed by atoms with Crippen molar-refractivity contribution in [2.45, 2.75) is 44.8 Å². The smallest absolute Gasteiger partial charge is 0.332 e. The molecule has 0 aliphatic carbocycles. The summed E-state index contributed by atoms with van der Waals surface area (Å²) in [5.74, 6) is -0.0722. The molecule has 2 saturated heterocycles. The molecule has 3 unspecified atom stereocenters. The van der Waals surface area contributed by atoms with Gasteiger partial charge in [-0.05, 0) is 58.7 Å². The molecule has 5 heteroatoms. The Morgan fingerprint density at radius 1 is 1.40 bits per heavy atom. The van der Waals surface area contributed by atoms with Crippen molar-refractivity contribution in [3.8, 4) is 0 Å². The van der Waals surface area contributed by atoms with E-state index in [1.54, 1.807) is 0 Å². The van der Waals surface area contributed by atoms with Crippen LogP contribution in [0, 0.1) is 5.92 Å². The number of carboxylic acid groups (broad SMARTS) is 1. The van der Waals surface area contributed by atoms with E-state index in [1.165, 1.54) is 25.8 Å². The van der Waals surface area contributed by atoms with E-state index in [2.05, 4.69) is 16.8 Å². The summed E-state index contributed by atoms with van der Waals surface area (Å²) in [6.07, 6.45) is 3.78. The minimum absolute atomic E-state index is 0.465. The van der Waals surface area contributed by atoms with E-state index in [0.717, 1.165) is 31.6 Å². The van der Waals surface area contributed by atoms with Crippen LogP contribution in [0.4, 0.5) is 0 Å². The Morgan fingerprint density at radius 3 is 2.90 bits per heavy atom. The van der Waals surface area contributed by atoms with Crippen LogP contribution in [0.15, 0.2) is 0 Å². The van der Waals surface area contributed by atoms with Gasteiger partial charge in [-0.2, -0.15) is 0 Å². The Bertz CT molecular complexity index is 324.